The lowest BCUT2D eigenvalue weighted by atomic mass is 11.8. The van der Waals surface area contributed by atoms with Crippen molar-refractivity contribution in [2.24, 2.45) is 4.52 Å². The maximum Gasteiger partial charge on any atom is 0.306 e. The molecule has 0 radical (unpaired) electrons. The Bertz CT molecular complexity index is 259. The van der Waals surface area contributed by atoms with E-state index in [1.54, 1.807) is 0 Å². The number of alkyl halides is 3. The van der Waals surface area contributed by atoms with Crippen LogP contribution < -0.4 is 0 Å². The molecule has 0 aliphatic rings. The van der Waals surface area contributed by atoms with Crippen LogP contribution in [0.25, 0.3) is 0 Å². The van der Waals surface area contributed by atoms with Gasteiger partial charge in [0.1, 0.15) is 0 Å². The summed E-state index contributed by atoms with van der Waals surface area (Å²) in [5.74, 6) is -7.36. The fourth-order valence-corrected chi connectivity index (χ4v) is 7.47. The molecular weight excluding hydrogens is 352 g/mol. The lowest BCUT2D eigenvalue weighted by Gasteiger charge is -2.17. The summed E-state index contributed by atoms with van der Waals surface area (Å²) < 4.78 is 13.6. The predicted octanol–water partition coefficient (Wildman–Crippen LogP) is 6.26. The fraction of sp³-hybridized carbons (Fsp3) is 1.00. The number of nitrogens with zero attached hydrogens (tertiary/aromatic N) is 1. The van der Waals surface area contributed by atoms with Crippen LogP contribution in [0.2, 0.25) is 0 Å². The predicted molar refractivity (Wildman–Crippen MR) is 62.6 cm³/mol. The molecule has 0 rings (SSSR count). The van der Waals surface area contributed by atoms with Crippen LogP contribution in [-0.2, 0) is 11.8 Å². The first kappa shape index (κ1) is 14.6. The van der Waals surface area contributed by atoms with Gasteiger partial charge in [0.2, 0.25) is 0 Å². The molecule has 0 spiro atoms. The van der Waals surface area contributed by atoms with Crippen LogP contribution >= 0.6 is 80.1 Å². The number of halogens is 7. The zero-order chi connectivity index (χ0) is 10.2. The third-order valence-corrected chi connectivity index (χ3v) is 10.6. The Morgan fingerprint density at radius 2 is 1.50 bits per heavy atom. The molecule has 0 saturated carbocycles. The Kier molecular flexibility index (Phi) is 5.57. The van der Waals surface area contributed by atoms with E-state index >= 15 is 0 Å². The van der Waals surface area contributed by atoms with Gasteiger partial charge in [-0.1, -0.05) is 57.3 Å². The molecule has 0 aromatic carbocycles. The van der Waals surface area contributed by atoms with E-state index in [1.165, 1.54) is 0 Å². The second kappa shape index (κ2) is 4.60. The smallest absolute Gasteiger partial charge is 0.193 e. The number of hydrogen-bond acceptors (Lipinski definition) is 1. The summed E-state index contributed by atoms with van der Waals surface area (Å²) in [5, 5.41) is 0. The van der Waals surface area contributed by atoms with Crippen LogP contribution in [0, 0.1) is 0 Å². The monoisotopic (exact) mass is 349 g/mol. The molecule has 0 bridgehead atoms. The number of rotatable bonds is 1. The maximum atomic E-state index is 12.6. The summed E-state index contributed by atoms with van der Waals surface area (Å²) in [6.45, 7) is 0. The van der Waals surface area contributed by atoms with Crippen LogP contribution in [0.4, 0.5) is 4.20 Å². The van der Waals surface area contributed by atoms with Gasteiger partial charge in [0.15, 0.2) is 5.76 Å². The Morgan fingerprint density at radius 3 is 1.58 bits per heavy atom. The van der Waals surface area contributed by atoms with E-state index in [-0.39, 0.29) is 0 Å². The highest BCUT2D eigenvalue weighted by molar-refractivity contribution is 8.27. The second-order valence-corrected chi connectivity index (χ2v) is 14.6. The molecule has 11 heteroatoms. The van der Waals surface area contributed by atoms with E-state index < -0.39 is 15.1 Å². The lowest BCUT2D eigenvalue weighted by molar-refractivity contribution is 0.909. The largest absolute Gasteiger partial charge is 0.306 e. The summed E-state index contributed by atoms with van der Waals surface area (Å²) in [5.41, 5.74) is 0. The molecule has 0 aliphatic carbocycles. The topological polar surface area (TPSA) is 12.4 Å². The normalized spacial score (nSPS) is 18.6. The molecule has 1 atom stereocenters. The van der Waals surface area contributed by atoms with Crippen LogP contribution in [0.1, 0.15) is 0 Å². The average Bonchev–Trinajstić information content (AvgIpc) is 1.52. The van der Waals surface area contributed by atoms with Gasteiger partial charge in [0, 0.05) is 0 Å². The first-order valence-electron chi connectivity index (χ1n) is 2.05. The van der Waals surface area contributed by atoms with Gasteiger partial charge in [-0.15, -0.1) is 0 Å². The first-order valence-corrected chi connectivity index (χ1v) is 10.3. The molecule has 74 valence electrons. The third kappa shape index (κ3) is 5.44. The van der Waals surface area contributed by atoms with Gasteiger partial charge in [-0.3, -0.25) is 0 Å². The summed E-state index contributed by atoms with van der Waals surface area (Å²) in [4.78, 5) is 0. The Morgan fingerprint density at radius 1 is 1.17 bits per heavy atom. The molecule has 1 nitrogen and oxygen atoms in total. The van der Waals surface area contributed by atoms with Crippen molar-refractivity contribution >= 4 is 91.9 Å². The minimum atomic E-state index is -3.92. The molecule has 0 N–H and O–H groups in total. The van der Waals surface area contributed by atoms with E-state index in [0.717, 1.165) is 0 Å². The molecule has 12 heavy (non-hydrogen) atoms. The van der Waals surface area contributed by atoms with Gasteiger partial charge in [-0.2, -0.15) is 8.71 Å². The maximum absolute atomic E-state index is 12.6. The van der Waals surface area contributed by atoms with Gasteiger partial charge in [-0.25, -0.2) is 0 Å². The molecule has 0 aromatic rings. The van der Waals surface area contributed by atoms with Gasteiger partial charge < -0.3 is 0 Å². The molecule has 0 saturated heterocycles. The molecule has 0 fully saturated rings. The van der Waals surface area contributed by atoms with Gasteiger partial charge in [0.05, 0.1) is 0 Å². The first-order chi connectivity index (χ1) is 4.96. The Labute approximate surface area is 103 Å². The highest BCUT2D eigenvalue weighted by atomic mass is 35.9. The lowest BCUT2D eigenvalue weighted by Crippen LogP contribution is -1.93. The second-order valence-electron chi connectivity index (χ2n) is 1.48. The van der Waals surface area contributed by atoms with Crippen molar-refractivity contribution in [2.45, 2.75) is 3.53 Å². The summed E-state index contributed by atoms with van der Waals surface area (Å²) in [7, 11) is 0. The molecule has 0 amide bonds. The van der Waals surface area contributed by atoms with Gasteiger partial charge >= 0.3 is 5.85 Å². The molecular formula is CCl6FNP2S. The van der Waals surface area contributed by atoms with Crippen molar-refractivity contribution in [3.05, 3.63) is 0 Å². The Hall–Kier alpha value is 2.55. The van der Waals surface area contributed by atoms with Crippen molar-refractivity contribution in [1.29, 1.82) is 0 Å². The summed E-state index contributed by atoms with van der Waals surface area (Å²) in [6.07, 6.45) is 0. The summed E-state index contributed by atoms with van der Waals surface area (Å²) in [6, 6.07) is 0. The highest BCUT2D eigenvalue weighted by Gasteiger charge is 2.40. The van der Waals surface area contributed by atoms with E-state index in [2.05, 4.69) is 16.3 Å². The quantitative estimate of drug-likeness (QED) is 0.401. The van der Waals surface area contributed by atoms with Crippen molar-refractivity contribution in [1.82, 2.24) is 0 Å². The molecule has 0 aliphatic heterocycles. The van der Waals surface area contributed by atoms with E-state index in [1.807, 2.05) is 0 Å². The average molecular weight is 352 g/mol. The van der Waals surface area contributed by atoms with E-state index in [0.29, 0.717) is 0 Å². The van der Waals surface area contributed by atoms with E-state index in [4.69, 9.17) is 68.5 Å². The minimum Gasteiger partial charge on any atom is -0.193 e. The standard InChI is InChI=1S/CCl6FNP2S/c2-1(3,4)10(5,6)9-11(7,8)12. The number of hydrogen-bond donors (Lipinski definition) is 0. The van der Waals surface area contributed by atoms with Crippen LogP contribution in [0.15, 0.2) is 4.52 Å². The fourth-order valence-electron chi connectivity index (χ4n) is 0.181. The zero-order valence-electron chi connectivity index (χ0n) is 4.90. The third-order valence-electron chi connectivity index (χ3n) is 0.522. The zero-order valence-corrected chi connectivity index (χ0v) is 12.0. The van der Waals surface area contributed by atoms with E-state index in [9.17, 15) is 4.20 Å². The SMILES string of the molecule is FP(=S)(Cl)N=P(Cl)(Cl)C(Cl)(Cl)Cl. The van der Waals surface area contributed by atoms with Crippen molar-refractivity contribution < 1.29 is 4.20 Å². The van der Waals surface area contributed by atoms with Gasteiger partial charge in [-0.05, 0) is 23.0 Å². The molecule has 1 unspecified atom stereocenters. The minimum absolute atomic E-state index is 2.07. The van der Waals surface area contributed by atoms with Gasteiger partial charge in [0.25, 0.3) is 3.53 Å². The van der Waals surface area contributed by atoms with Crippen LogP contribution in [0.3, 0.4) is 0 Å². The Balaban J connectivity index is 5.13. The van der Waals surface area contributed by atoms with Crippen molar-refractivity contribution in [3.8, 4) is 0 Å². The van der Waals surface area contributed by atoms with Crippen molar-refractivity contribution in [2.75, 3.05) is 0 Å². The summed E-state index contributed by atoms with van der Waals surface area (Å²) >= 11 is 35.9. The van der Waals surface area contributed by atoms with Crippen LogP contribution in [-0.4, -0.2) is 3.53 Å². The van der Waals surface area contributed by atoms with Crippen LogP contribution in [0.5, 0.6) is 0 Å². The highest BCUT2D eigenvalue weighted by Crippen LogP contribution is 2.80. The molecule has 0 heterocycles. The van der Waals surface area contributed by atoms with Crippen molar-refractivity contribution in [3.63, 3.8) is 0 Å². The molecule has 0 aromatic heterocycles.